The van der Waals surface area contributed by atoms with Gasteiger partial charge in [-0.2, -0.15) is 0 Å². The first-order valence-electron chi connectivity index (χ1n) is 5.94. The average molecular weight is 259 g/mol. The summed E-state index contributed by atoms with van der Waals surface area (Å²) < 4.78 is 14.2. The third-order valence-corrected chi connectivity index (χ3v) is 2.70. The van der Waals surface area contributed by atoms with Gasteiger partial charge in [-0.25, -0.2) is 4.39 Å². The summed E-state index contributed by atoms with van der Waals surface area (Å²) in [6.07, 6.45) is 5.24. The van der Waals surface area contributed by atoms with E-state index in [1.165, 1.54) is 22.8 Å². The first kappa shape index (κ1) is 13.2. The molecule has 19 heavy (non-hydrogen) atoms. The Morgan fingerprint density at radius 1 is 1.11 bits per heavy atom. The van der Waals surface area contributed by atoms with Crippen LogP contribution in [0.2, 0.25) is 0 Å². The highest BCUT2D eigenvalue weighted by Gasteiger charge is 1.96. The average Bonchev–Trinajstić information content (AvgIpc) is 2.41. The zero-order valence-electron chi connectivity index (χ0n) is 10.3. The molecule has 1 heterocycles. The SMILES string of the molecule is O=c1cc(/C=C/c2ccc(F)cc2)ccn1CCO. The van der Waals surface area contributed by atoms with Gasteiger partial charge in [0.2, 0.25) is 0 Å². The first-order valence-corrected chi connectivity index (χ1v) is 5.94. The van der Waals surface area contributed by atoms with Crippen LogP contribution in [0.4, 0.5) is 4.39 Å². The number of halogens is 1. The normalized spacial score (nSPS) is 11.1. The molecule has 98 valence electrons. The molecule has 0 saturated heterocycles. The smallest absolute Gasteiger partial charge is 0.251 e. The van der Waals surface area contributed by atoms with Crippen molar-refractivity contribution in [2.45, 2.75) is 6.54 Å². The molecule has 0 bridgehead atoms. The largest absolute Gasteiger partial charge is 0.395 e. The lowest BCUT2D eigenvalue weighted by Gasteiger charge is -2.02. The van der Waals surface area contributed by atoms with Gasteiger partial charge in [0.25, 0.3) is 5.56 Å². The first-order chi connectivity index (χ1) is 9.19. The Kier molecular flexibility index (Phi) is 4.26. The predicted molar refractivity (Wildman–Crippen MR) is 73.1 cm³/mol. The fourth-order valence-corrected chi connectivity index (χ4v) is 1.69. The molecule has 1 aromatic carbocycles. The van der Waals surface area contributed by atoms with Crippen LogP contribution in [-0.4, -0.2) is 16.3 Å². The minimum absolute atomic E-state index is 0.0648. The van der Waals surface area contributed by atoms with Crippen molar-refractivity contribution in [1.82, 2.24) is 4.57 Å². The van der Waals surface area contributed by atoms with Crippen LogP contribution in [0, 0.1) is 5.82 Å². The van der Waals surface area contributed by atoms with Crippen LogP contribution in [0.1, 0.15) is 11.1 Å². The Morgan fingerprint density at radius 2 is 1.79 bits per heavy atom. The Bertz CT molecular complexity index is 629. The molecular weight excluding hydrogens is 245 g/mol. The summed E-state index contributed by atoms with van der Waals surface area (Å²) in [6, 6.07) is 9.39. The Hall–Kier alpha value is -2.20. The molecule has 4 heteroatoms. The second-order valence-corrected chi connectivity index (χ2v) is 4.10. The number of rotatable bonds is 4. The molecule has 0 atom stereocenters. The van der Waals surface area contributed by atoms with E-state index in [1.54, 1.807) is 30.5 Å². The summed E-state index contributed by atoms with van der Waals surface area (Å²) in [6.45, 7) is 0.228. The molecule has 1 aromatic heterocycles. The van der Waals surface area contributed by atoms with Crippen LogP contribution in [0.5, 0.6) is 0 Å². The molecule has 0 aliphatic carbocycles. The molecule has 0 unspecified atom stereocenters. The van der Waals surface area contributed by atoms with Gasteiger partial charge in [-0.15, -0.1) is 0 Å². The van der Waals surface area contributed by atoms with E-state index in [9.17, 15) is 9.18 Å². The van der Waals surface area contributed by atoms with E-state index in [0.717, 1.165) is 11.1 Å². The second-order valence-electron chi connectivity index (χ2n) is 4.10. The van der Waals surface area contributed by atoms with Crippen molar-refractivity contribution < 1.29 is 9.50 Å². The number of nitrogens with zero attached hydrogens (tertiary/aromatic N) is 1. The highest BCUT2D eigenvalue weighted by atomic mass is 19.1. The fraction of sp³-hybridized carbons (Fsp3) is 0.133. The molecule has 1 N–H and O–H groups in total. The van der Waals surface area contributed by atoms with Gasteiger partial charge in [-0.05, 0) is 29.3 Å². The fourth-order valence-electron chi connectivity index (χ4n) is 1.69. The molecule has 2 rings (SSSR count). The van der Waals surface area contributed by atoms with Gasteiger partial charge in [0.1, 0.15) is 5.82 Å². The van der Waals surface area contributed by atoms with Crippen LogP contribution in [0.25, 0.3) is 12.2 Å². The van der Waals surface area contributed by atoms with Crippen molar-refractivity contribution in [2.24, 2.45) is 0 Å². The highest BCUT2D eigenvalue weighted by Crippen LogP contribution is 2.08. The van der Waals surface area contributed by atoms with Crippen LogP contribution in [0.15, 0.2) is 47.4 Å². The molecule has 0 amide bonds. The molecule has 0 fully saturated rings. The lowest BCUT2D eigenvalue weighted by molar-refractivity contribution is 0.274. The summed E-state index contributed by atoms with van der Waals surface area (Å²) in [4.78, 5) is 11.7. The standard InChI is InChI=1S/C15H14FNO2/c16-14-5-3-12(4-6-14)1-2-13-7-8-17(9-10-18)15(19)11-13/h1-8,11,18H,9-10H2/b2-1+. The maximum Gasteiger partial charge on any atom is 0.251 e. The van der Waals surface area contributed by atoms with Gasteiger partial charge in [0.15, 0.2) is 0 Å². The molecule has 0 aliphatic heterocycles. The summed E-state index contributed by atoms with van der Waals surface area (Å²) in [5.74, 6) is -0.274. The molecule has 2 aromatic rings. The molecule has 0 saturated carbocycles. The van der Waals surface area contributed by atoms with E-state index >= 15 is 0 Å². The highest BCUT2D eigenvalue weighted by molar-refractivity contribution is 5.69. The molecular formula is C15H14FNO2. The number of aliphatic hydroxyl groups excluding tert-OH is 1. The van der Waals surface area contributed by atoms with Gasteiger partial charge in [-0.3, -0.25) is 4.79 Å². The number of hydrogen-bond donors (Lipinski definition) is 1. The number of pyridine rings is 1. The Labute approximate surface area is 110 Å². The number of hydrogen-bond acceptors (Lipinski definition) is 2. The second kappa shape index (κ2) is 6.11. The topological polar surface area (TPSA) is 42.2 Å². The maximum absolute atomic E-state index is 12.7. The minimum atomic E-state index is -0.274. The molecule has 3 nitrogen and oxygen atoms in total. The van der Waals surface area contributed by atoms with E-state index in [1.807, 2.05) is 6.08 Å². The van der Waals surface area contributed by atoms with Crippen molar-refractivity contribution in [2.75, 3.05) is 6.61 Å². The maximum atomic E-state index is 12.7. The van der Waals surface area contributed by atoms with E-state index in [0.29, 0.717) is 6.54 Å². The van der Waals surface area contributed by atoms with E-state index in [4.69, 9.17) is 5.11 Å². The van der Waals surface area contributed by atoms with Gasteiger partial charge in [0.05, 0.1) is 6.61 Å². The summed E-state index contributed by atoms with van der Waals surface area (Å²) in [5, 5.41) is 8.78. The van der Waals surface area contributed by atoms with Gasteiger partial charge < -0.3 is 9.67 Å². The zero-order valence-corrected chi connectivity index (χ0v) is 10.3. The van der Waals surface area contributed by atoms with Gasteiger partial charge >= 0.3 is 0 Å². The number of aromatic nitrogens is 1. The van der Waals surface area contributed by atoms with Crippen LogP contribution in [0.3, 0.4) is 0 Å². The molecule has 0 spiro atoms. The van der Waals surface area contributed by atoms with Crippen molar-refractivity contribution in [3.05, 3.63) is 69.9 Å². The number of aliphatic hydroxyl groups is 1. The lowest BCUT2D eigenvalue weighted by Crippen LogP contribution is -2.20. The minimum Gasteiger partial charge on any atom is -0.395 e. The quantitative estimate of drug-likeness (QED) is 0.914. The summed E-state index contributed by atoms with van der Waals surface area (Å²) in [7, 11) is 0. The van der Waals surface area contributed by atoms with Crippen molar-refractivity contribution in [1.29, 1.82) is 0 Å². The Balaban J connectivity index is 2.17. The zero-order chi connectivity index (χ0) is 13.7. The number of benzene rings is 1. The van der Waals surface area contributed by atoms with E-state index < -0.39 is 0 Å². The third kappa shape index (κ3) is 3.63. The Morgan fingerprint density at radius 3 is 2.42 bits per heavy atom. The third-order valence-electron chi connectivity index (χ3n) is 2.70. The molecule has 0 radical (unpaired) electrons. The van der Waals surface area contributed by atoms with Gasteiger partial charge in [0, 0.05) is 18.8 Å². The van der Waals surface area contributed by atoms with Crippen LogP contribution in [-0.2, 0) is 6.54 Å². The van der Waals surface area contributed by atoms with Crippen molar-refractivity contribution in [3.63, 3.8) is 0 Å². The monoisotopic (exact) mass is 259 g/mol. The molecule has 0 aliphatic rings. The van der Waals surface area contributed by atoms with Crippen LogP contribution < -0.4 is 5.56 Å². The van der Waals surface area contributed by atoms with E-state index in [2.05, 4.69) is 0 Å². The van der Waals surface area contributed by atoms with Crippen molar-refractivity contribution in [3.8, 4) is 0 Å². The summed E-state index contributed by atoms with van der Waals surface area (Å²) in [5.41, 5.74) is 1.47. The van der Waals surface area contributed by atoms with Gasteiger partial charge in [-0.1, -0.05) is 24.3 Å². The summed E-state index contributed by atoms with van der Waals surface area (Å²) >= 11 is 0. The van der Waals surface area contributed by atoms with Crippen LogP contribution >= 0.6 is 0 Å². The lowest BCUT2D eigenvalue weighted by atomic mass is 10.1. The predicted octanol–water partition coefficient (Wildman–Crippen LogP) is 2.15. The van der Waals surface area contributed by atoms with Crippen molar-refractivity contribution >= 4 is 12.2 Å². The van der Waals surface area contributed by atoms with E-state index in [-0.39, 0.29) is 18.0 Å².